The van der Waals surface area contributed by atoms with Gasteiger partial charge in [-0.3, -0.25) is 4.98 Å². The SMILES string of the molecule is COc1cccc(C(O)Cn2nnnc2-c2ccccn2)c1. The van der Waals surface area contributed by atoms with E-state index >= 15 is 0 Å². The third-order valence-electron chi connectivity index (χ3n) is 3.25. The molecule has 7 nitrogen and oxygen atoms in total. The van der Waals surface area contributed by atoms with Gasteiger partial charge >= 0.3 is 0 Å². The van der Waals surface area contributed by atoms with Crippen molar-refractivity contribution in [3.05, 3.63) is 54.2 Å². The first kappa shape index (κ1) is 14.2. The van der Waals surface area contributed by atoms with Crippen LogP contribution in [0.15, 0.2) is 48.7 Å². The molecule has 0 aliphatic rings. The predicted molar refractivity (Wildman–Crippen MR) is 79.0 cm³/mol. The Balaban J connectivity index is 1.83. The molecule has 1 atom stereocenters. The molecule has 7 heteroatoms. The van der Waals surface area contributed by atoms with Crippen LogP contribution in [-0.2, 0) is 6.54 Å². The van der Waals surface area contributed by atoms with Crippen molar-refractivity contribution in [1.29, 1.82) is 0 Å². The van der Waals surface area contributed by atoms with Crippen molar-refractivity contribution < 1.29 is 9.84 Å². The Morgan fingerprint density at radius 3 is 2.91 bits per heavy atom. The van der Waals surface area contributed by atoms with Crippen molar-refractivity contribution in [3.63, 3.8) is 0 Å². The number of rotatable bonds is 5. The van der Waals surface area contributed by atoms with Crippen LogP contribution < -0.4 is 4.74 Å². The van der Waals surface area contributed by atoms with Crippen molar-refractivity contribution in [3.8, 4) is 17.3 Å². The molecule has 22 heavy (non-hydrogen) atoms. The first-order valence-electron chi connectivity index (χ1n) is 6.77. The molecule has 0 spiro atoms. The van der Waals surface area contributed by atoms with Gasteiger partial charge in [-0.2, -0.15) is 0 Å². The zero-order valence-corrected chi connectivity index (χ0v) is 12.0. The number of pyridine rings is 1. The Hall–Kier alpha value is -2.80. The summed E-state index contributed by atoms with van der Waals surface area (Å²) >= 11 is 0. The van der Waals surface area contributed by atoms with Crippen LogP contribution >= 0.6 is 0 Å². The number of methoxy groups -OCH3 is 1. The van der Waals surface area contributed by atoms with Gasteiger partial charge in [0.25, 0.3) is 0 Å². The molecule has 0 amide bonds. The number of hydrogen-bond donors (Lipinski definition) is 1. The van der Waals surface area contributed by atoms with Crippen LogP contribution in [0.5, 0.6) is 5.75 Å². The molecule has 1 unspecified atom stereocenters. The molecule has 3 aromatic rings. The summed E-state index contributed by atoms with van der Waals surface area (Å²) in [7, 11) is 1.59. The highest BCUT2D eigenvalue weighted by molar-refractivity contribution is 5.47. The number of tetrazole rings is 1. The van der Waals surface area contributed by atoms with Gasteiger partial charge in [-0.15, -0.1) is 5.10 Å². The molecule has 112 valence electrons. The first-order chi connectivity index (χ1) is 10.8. The molecule has 3 rings (SSSR count). The molecule has 0 saturated carbocycles. The zero-order valence-electron chi connectivity index (χ0n) is 12.0. The summed E-state index contributed by atoms with van der Waals surface area (Å²) in [4.78, 5) is 4.22. The molecule has 0 fully saturated rings. The third kappa shape index (κ3) is 2.94. The van der Waals surface area contributed by atoms with Gasteiger partial charge in [0, 0.05) is 6.20 Å². The van der Waals surface area contributed by atoms with E-state index in [-0.39, 0.29) is 6.54 Å². The van der Waals surface area contributed by atoms with Crippen LogP contribution in [0.4, 0.5) is 0 Å². The average Bonchev–Trinajstić information content (AvgIpc) is 3.04. The number of benzene rings is 1. The lowest BCUT2D eigenvalue weighted by atomic mass is 10.1. The fourth-order valence-electron chi connectivity index (χ4n) is 2.12. The van der Waals surface area contributed by atoms with Crippen LogP contribution in [0.1, 0.15) is 11.7 Å². The minimum atomic E-state index is -0.749. The van der Waals surface area contributed by atoms with E-state index in [1.165, 1.54) is 4.68 Å². The standard InChI is InChI=1S/C15H15N5O2/c1-22-12-6-4-5-11(9-12)14(21)10-20-15(17-18-19-20)13-7-2-3-8-16-13/h2-9,14,21H,10H2,1H3. The highest BCUT2D eigenvalue weighted by Crippen LogP contribution is 2.21. The Morgan fingerprint density at radius 1 is 1.23 bits per heavy atom. The second kappa shape index (κ2) is 6.31. The van der Waals surface area contributed by atoms with Crippen molar-refractivity contribution in [1.82, 2.24) is 25.2 Å². The molecule has 0 radical (unpaired) electrons. The molecule has 2 heterocycles. The zero-order chi connectivity index (χ0) is 15.4. The third-order valence-corrected chi connectivity index (χ3v) is 3.25. The van der Waals surface area contributed by atoms with Gasteiger partial charge in [0.05, 0.1) is 19.8 Å². The van der Waals surface area contributed by atoms with E-state index in [9.17, 15) is 5.11 Å². The summed E-state index contributed by atoms with van der Waals surface area (Å²) in [6.07, 6.45) is 0.924. The summed E-state index contributed by atoms with van der Waals surface area (Å²) in [6, 6.07) is 12.8. The number of ether oxygens (including phenoxy) is 1. The Bertz CT molecular complexity index is 744. The van der Waals surface area contributed by atoms with Gasteiger partial charge in [-0.05, 0) is 40.3 Å². The number of aliphatic hydroxyl groups excluding tert-OH is 1. The van der Waals surface area contributed by atoms with E-state index in [4.69, 9.17) is 4.74 Å². The molecule has 1 aromatic carbocycles. The second-order valence-electron chi connectivity index (χ2n) is 4.69. The number of hydrogen-bond acceptors (Lipinski definition) is 6. The minimum Gasteiger partial charge on any atom is -0.497 e. The molecule has 0 aliphatic carbocycles. The molecule has 1 N–H and O–H groups in total. The monoisotopic (exact) mass is 297 g/mol. The van der Waals surface area contributed by atoms with E-state index in [2.05, 4.69) is 20.5 Å². The molecular formula is C15H15N5O2. The van der Waals surface area contributed by atoms with Crippen LogP contribution in [-0.4, -0.2) is 37.4 Å². The molecule has 0 saturated heterocycles. The van der Waals surface area contributed by atoms with Gasteiger partial charge < -0.3 is 9.84 Å². The fourth-order valence-corrected chi connectivity index (χ4v) is 2.12. The Labute approximate surface area is 127 Å². The number of aromatic nitrogens is 5. The van der Waals surface area contributed by atoms with Gasteiger partial charge in [-0.25, -0.2) is 4.68 Å². The molecule has 0 bridgehead atoms. The molecule has 2 aromatic heterocycles. The summed E-state index contributed by atoms with van der Waals surface area (Å²) in [5.41, 5.74) is 1.40. The summed E-state index contributed by atoms with van der Waals surface area (Å²) in [5.74, 6) is 1.21. The summed E-state index contributed by atoms with van der Waals surface area (Å²) in [5, 5.41) is 22.0. The van der Waals surface area contributed by atoms with Crippen LogP contribution in [0, 0.1) is 0 Å². The smallest absolute Gasteiger partial charge is 0.200 e. The van der Waals surface area contributed by atoms with E-state index in [0.717, 1.165) is 5.56 Å². The quantitative estimate of drug-likeness (QED) is 0.767. The summed E-state index contributed by atoms with van der Waals surface area (Å²) in [6.45, 7) is 0.228. The minimum absolute atomic E-state index is 0.228. The average molecular weight is 297 g/mol. The highest BCUT2D eigenvalue weighted by atomic mass is 16.5. The van der Waals surface area contributed by atoms with Crippen LogP contribution in [0.2, 0.25) is 0 Å². The van der Waals surface area contributed by atoms with Crippen molar-refractivity contribution >= 4 is 0 Å². The largest absolute Gasteiger partial charge is 0.497 e. The van der Waals surface area contributed by atoms with E-state index in [1.54, 1.807) is 19.4 Å². The maximum Gasteiger partial charge on any atom is 0.200 e. The lowest BCUT2D eigenvalue weighted by Gasteiger charge is -2.12. The second-order valence-corrected chi connectivity index (χ2v) is 4.69. The lowest BCUT2D eigenvalue weighted by molar-refractivity contribution is 0.151. The number of aliphatic hydroxyl groups is 1. The fraction of sp³-hybridized carbons (Fsp3) is 0.200. The lowest BCUT2D eigenvalue weighted by Crippen LogP contribution is -2.12. The maximum atomic E-state index is 10.4. The molecule has 0 aliphatic heterocycles. The van der Waals surface area contributed by atoms with Gasteiger partial charge in [0.2, 0.25) is 5.82 Å². The highest BCUT2D eigenvalue weighted by Gasteiger charge is 2.15. The Kier molecular flexibility index (Phi) is 4.06. The van der Waals surface area contributed by atoms with Crippen LogP contribution in [0.25, 0.3) is 11.5 Å². The maximum absolute atomic E-state index is 10.4. The van der Waals surface area contributed by atoms with E-state index < -0.39 is 6.10 Å². The Morgan fingerprint density at radius 2 is 2.14 bits per heavy atom. The van der Waals surface area contributed by atoms with Gasteiger partial charge in [-0.1, -0.05) is 18.2 Å². The van der Waals surface area contributed by atoms with Crippen molar-refractivity contribution in [2.75, 3.05) is 7.11 Å². The predicted octanol–water partition coefficient (Wildman–Crippen LogP) is 1.48. The normalized spacial score (nSPS) is 12.1. The van der Waals surface area contributed by atoms with Crippen molar-refractivity contribution in [2.45, 2.75) is 12.6 Å². The van der Waals surface area contributed by atoms with Gasteiger partial charge in [0.15, 0.2) is 0 Å². The van der Waals surface area contributed by atoms with Crippen molar-refractivity contribution in [2.24, 2.45) is 0 Å². The topological polar surface area (TPSA) is 86.0 Å². The summed E-state index contributed by atoms with van der Waals surface area (Å²) < 4.78 is 6.70. The van der Waals surface area contributed by atoms with Gasteiger partial charge in [0.1, 0.15) is 11.4 Å². The molecular weight excluding hydrogens is 282 g/mol. The number of nitrogens with zero attached hydrogens (tertiary/aromatic N) is 5. The van der Waals surface area contributed by atoms with E-state index in [0.29, 0.717) is 17.3 Å². The first-order valence-corrected chi connectivity index (χ1v) is 6.77. The van der Waals surface area contributed by atoms with E-state index in [1.807, 2.05) is 36.4 Å². The van der Waals surface area contributed by atoms with Crippen LogP contribution in [0.3, 0.4) is 0 Å².